The van der Waals surface area contributed by atoms with Crippen molar-refractivity contribution in [1.29, 1.82) is 5.26 Å². The van der Waals surface area contributed by atoms with E-state index in [0.717, 1.165) is 11.1 Å². The van der Waals surface area contributed by atoms with Crippen molar-refractivity contribution in [2.75, 3.05) is 0 Å². The largest absolute Gasteiger partial charge is 0.423 e. The van der Waals surface area contributed by atoms with Crippen LogP contribution in [0.4, 0.5) is 0 Å². The Kier molecular flexibility index (Phi) is 4.17. The average molecular weight is 299 g/mol. The van der Waals surface area contributed by atoms with Gasteiger partial charge in [0, 0.05) is 0 Å². The van der Waals surface area contributed by atoms with Gasteiger partial charge in [0.2, 0.25) is 0 Å². The minimum absolute atomic E-state index is 0.362. The Morgan fingerprint density at radius 2 is 1.52 bits per heavy atom. The van der Waals surface area contributed by atoms with Crippen molar-refractivity contribution in [1.82, 2.24) is 0 Å². The number of ether oxygens (including phenoxy) is 1. The molecule has 0 N–H and O–H groups in total. The Balaban J connectivity index is 1.77. The molecular formula is C20H13NO2. The van der Waals surface area contributed by atoms with Crippen LogP contribution in [0.3, 0.4) is 0 Å². The molecule has 0 atom stereocenters. The Hall–Kier alpha value is -3.38. The highest BCUT2D eigenvalue weighted by Gasteiger charge is 2.09. The minimum atomic E-state index is -0.445. The molecule has 0 spiro atoms. The van der Waals surface area contributed by atoms with Gasteiger partial charge in [0.05, 0.1) is 17.2 Å². The van der Waals surface area contributed by atoms with Crippen LogP contribution < -0.4 is 4.74 Å². The van der Waals surface area contributed by atoms with Gasteiger partial charge in [-0.25, -0.2) is 4.79 Å². The van der Waals surface area contributed by atoms with Gasteiger partial charge in [0.25, 0.3) is 0 Å². The molecule has 0 radical (unpaired) electrons. The number of nitrogens with zero attached hydrogens (tertiary/aromatic N) is 1. The van der Waals surface area contributed by atoms with E-state index in [4.69, 9.17) is 10.00 Å². The van der Waals surface area contributed by atoms with E-state index in [-0.39, 0.29) is 0 Å². The first-order valence-corrected chi connectivity index (χ1v) is 7.14. The van der Waals surface area contributed by atoms with Crippen molar-refractivity contribution in [3.8, 4) is 22.9 Å². The summed E-state index contributed by atoms with van der Waals surface area (Å²) in [6.45, 7) is 0. The van der Waals surface area contributed by atoms with Gasteiger partial charge >= 0.3 is 5.97 Å². The predicted octanol–water partition coefficient (Wildman–Crippen LogP) is 4.44. The summed E-state index contributed by atoms with van der Waals surface area (Å²) in [5.41, 5.74) is 3.05. The molecule has 0 fully saturated rings. The normalized spacial score (nSPS) is 9.87. The summed E-state index contributed by atoms with van der Waals surface area (Å²) in [6.07, 6.45) is 0. The van der Waals surface area contributed by atoms with Crippen LogP contribution in [0.5, 0.6) is 5.75 Å². The van der Waals surface area contributed by atoms with Crippen LogP contribution in [0.1, 0.15) is 15.9 Å². The van der Waals surface area contributed by atoms with E-state index in [1.807, 2.05) is 48.5 Å². The second-order valence-electron chi connectivity index (χ2n) is 4.97. The van der Waals surface area contributed by atoms with E-state index in [1.165, 1.54) is 6.07 Å². The standard InChI is InChI=1S/C20H13NO2/c21-14-15-5-4-8-19(13-15)23-20(22)18-11-9-17(10-12-18)16-6-2-1-3-7-16/h1-13H. The van der Waals surface area contributed by atoms with E-state index < -0.39 is 5.97 Å². The molecule has 3 nitrogen and oxygen atoms in total. The molecule has 3 aromatic rings. The van der Waals surface area contributed by atoms with Gasteiger partial charge in [-0.1, -0.05) is 48.5 Å². The van der Waals surface area contributed by atoms with Crippen LogP contribution in [0.25, 0.3) is 11.1 Å². The summed E-state index contributed by atoms with van der Waals surface area (Å²) in [7, 11) is 0. The quantitative estimate of drug-likeness (QED) is 0.530. The maximum absolute atomic E-state index is 12.2. The Morgan fingerprint density at radius 3 is 2.22 bits per heavy atom. The lowest BCUT2D eigenvalue weighted by Crippen LogP contribution is -2.08. The molecule has 0 aliphatic carbocycles. The number of hydrogen-bond donors (Lipinski definition) is 0. The molecule has 3 heteroatoms. The third-order valence-electron chi connectivity index (χ3n) is 3.40. The highest BCUT2D eigenvalue weighted by atomic mass is 16.5. The molecule has 3 rings (SSSR count). The fraction of sp³-hybridized carbons (Fsp3) is 0. The number of carbonyl (C=O) groups excluding carboxylic acids is 1. The number of rotatable bonds is 3. The first-order valence-electron chi connectivity index (χ1n) is 7.14. The molecule has 0 aromatic heterocycles. The molecular weight excluding hydrogens is 286 g/mol. The summed E-state index contributed by atoms with van der Waals surface area (Å²) >= 11 is 0. The highest BCUT2D eigenvalue weighted by Crippen LogP contribution is 2.20. The average Bonchev–Trinajstić information content (AvgIpc) is 2.63. The summed E-state index contributed by atoms with van der Waals surface area (Å²) in [6, 6.07) is 25.7. The first kappa shape index (κ1) is 14.6. The van der Waals surface area contributed by atoms with Gasteiger partial charge in [-0.15, -0.1) is 0 Å². The van der Waals surface area contributed by atoms with Crippen molar-refractivity contribution >= 4 is 5.97 Å². The maximum atomic E-state index is 12.2. The van der Waals surface area contributed by atoms with E-state index in [0.29, 0.717) is 16.9 Å². The molecule has 0 saturated carbocycles. The first-order chi connectivity index (χ1) is 11.3. The Bertz CT molecular complexity index is 862. The van der Waals surface area contributed by atoms with Crippen molar-refractivity contribution in [2.24, 2.45) is 0 Å². The second kappa shape index (κ2) is 6.59. The lowest BCUT2D eigenvalue weighted by Gasteiger charge is -2.06. The number of hydrogen-bond acceptors (Lipinski definition) is 3. The molecule has 0 saturated heterocycles. The Morgan fingerprint density at radius 1 is 0.826 bits per heavy atom. The monoisotopic (exact) mass is 299 g/mol. The van der Waals surface area contributed by atoms with Crippen LogP contribution in [0.2, 0.25) is 0 Å². The molecule has 3 aromatic carbocycles. The third-order valence-corrected chi connectivity index (χ3v) is 3.40. The van der Waals surface area contributed by atoms with Gasteiger partial charge in [-0.05, 0) is 41.5 Å². The number of benzene rings is 3. The fourth-order valence-corrected chi connectivity index (χ4v) is 2.22. The summed E-state index contributed by atoms with van der Waals surface area (Å²) in [5, 5.41) is 8.86. The van der Waals surface area contributed by atoms with Gasteiger partial charge in [-0.3, -0.25) is 0 Å². The minimum Gasteiger partial charge on any atom is -0.423 e. The number of nitriles is 1. The van der Waals surface area contributed by atoms with Crippen LogP contribution in [0.15, 0.2) is 78.9 Å². The molecule has 0 heterocycles. The summed E-state index contributed by atoms with van der Waals surface area (Å²) in [5.74, 6) is -0.0825. The van der Waals surface area contributed by atoms with Gasteiger partial charge in [-0.2, -0.15) is 5.26 Å². The van der Waals surface area contributed by atoms with Crippen LogP contribution in [-0.4, -0.2) is 5.97 Å². The second-order valence-corrected chi connectivity index (χ2v) is 4.97. The molecule has 0 amide bonds. The zero-order valence-electron chi connectivity index (χ0n) is 12.3. The molecule has 110 valence electrons. The number of esters is 1. The van der Waals surface area contributed by atoms with Gasteiger partial charge in [0.1, 0.15) is 5.75 Å². The SMILES string of the molecule is N#Cc1cccc(OC(=O)c2ccc(-c3ccccc3)cc2)c1. The lowest BCUT2D eigenvalue weighted by atomic mass is 10.0. The van der Waals surface area contributed by atoms with E-state index >= 15 is 0 Å². The zero-order valence-corrected chi connectivity index (χ0v) is 12.3. The molecule has 0 aliphatic rings. The molecule has 23 heavy (non-hydrogen) atoms. The summed E-state index contributed by atoms with van der Waals surface area (Å²) in [4.78, 5) is 12.2. The van der Waals surface area contributed by atoms with Gasteiger partial charge in [0.15, 0.2) is 0 Å². The zero-order chi connectivity index (χ0) is 16.1. The smallest absolute Gasteiger partial charge is 0.343 e. The van der Waals surface area contributed by atoms with E-state index in [9.17, 15) is 4.79 Å². The van der Waals surface area contributed by atoms with Crippen LogP contribution >= 0.6 is 0 Å². The van der Waals surface area contributed by atoms with Crippen LogP contribution in [-0.2, 0) is 0 Å². The van der Waals surface area contributed by atoms with E-state index in [1.54, 1.807) is 30.3 Å². The number of carbonyl (C=O) groups is 1. The fourth-order valence-electron chi connectivity index (χ4n) is 2.22. The topological polar surface area (TPSA) is 50.1 Å². The lowest BCUT2D eigenvalue weighted by molar-refractivity contribution is 0.0735. The maximum Gasteiger partial charge on any atom is 0.343 e. The van der Waals surface area contributed by atoms with Crippen molar-refractivity contribution in [2.45, 2.75) is 0 Å². The Labute approximate surface area is 134 Å². The highest BCUT2D eigenvalue weighted by molar-refractivity contribution is 5.91. The van der Waals surface area contributed by atoms with Crippen molar-refractivity contribution < 1.29 is 9.53 Å². The predicted molar refractivity (Wildman–Crippen MR) is 88.0 cm³/mol. The van der Waals surface area contributed by atoms with Crippen LogP contribution in [0, 0.1) is 11.3 Å². The van der Waals surface area contributed by atoms with Crippen molar-refractivity contribution in [3.05, 3.63) is 90.0 Å². The molecule has 0 unspecified atom stereocenters. The summed E-state index contributed by atoms with van der Waals surface area (Å²) < 4.78 is 5.30. The van der Waals surface area contributed by atoms with Gasteiger partial charge < -0.3 is 4.74 Å². The third kappa shape index (κ3) is 3.45. The molecule has 0 bridgehead atoms. The van der Waals surface area contributed by atoms with Crippen molar-refractivity contribution in [3.63, 3.8) is 0 Å². The van der Waals surface area contributed by atoms with E-state index in [2.05, 4.69) is 0 Å². The molecule has 0 aliphatic heterocycles.